The second-order valence-electron chi connectivity index (χ2n) is 3.30. The Morgan fingerprint density at radius 3 is 2.69 bits per heavy atom. The molecule has 0 aliphatic carbocycles. The van der Waals surface area contributed by atoms with Crippen LogP contribution in [-0.2, 0) is 4.74 Å². The highest BCUT2D eigenvalue weighted by molar-refractivity contribution is 5.67. The van der Waals surface area contributed by atoms with E-state index >= 15 is 0 Å². The van der Waals surface area contributed by atoms with Gasteiger partial charge in [0.1, 0.15) is 0 Å². The molecule has 0 N–H and O–H groups in total. The quantitative estimate of drug-likeness (QED) is 0.667. The first-order chi connectivity index (χ1) is 6.07. The lowest BCUT2D eigenvalue weighted by atomic mass is 10.2. The summed E-state index contributed by atoms with van der Waals surface area (Å²) in [5, 5.41) is 8.29. The van der Waals surface area contributed by atoms with Crippen molar-refractivity contribution in [3.63, 3.8) is 0 Å². The number of hydrogen-bond donors (Lipinski definition) is 0. The summed E-state index contributed by atoms with van der Waals surface area (Å²) in [6.45, 7) is 4.80. The van der Waals surface area contributed by atoms with E-state index in [9.17, 15) is 4.79 Å². The van der Waals surface area contributed by atoms with Crippen molar-refractivity contribution < 1.29 is 9.53 Å². The van der Waals surface area contributed by atoms with Gasteiger partial charge >= 0.3 is 6.09 Å². The van der Waals surface area contributed by atoms with Gasteiger partial charge in [-0.05, 0) is 5.92 Å². The van der Waals surface area contributed by atoms with E-state index in [0.29, 0.717) is 25.5 Å². The third kappa shape index (κ3) is 5.97. The summed E-state index contributed by atoms with van der Waals surface area (Å²) in [6, 6.07) is 1.97. The second kappa shape index (κ2) is 6.30. The van der Waals surface area contributed by atoms with E-state index in [1.54, 1.807) is 7.05 Å². The van der Waals surface area contributed by atoms with Gasteiger partial charge in [0.2, 0.25) is 0 Å². The van der Waals surface area contributed by atoms with Crippen molar-refractivity contribution in [3.8, 4) is 6.07 Å². The summed E-state index contributed by atoms with van der Waals surface area (Å²) in [4.78, 5) is 12.6. The molecule has 0 atom stereocenters. The first-order valence-corrected chi connectivity index (χ1v) is 4.32. The molecular weight excluding hydrogens is 168 g/mol. The molecule has 0 spiro atoms. The van der Waals surface area contributed by atoms with Gasteiger partial charge in [-0.25, -0.2) is 4.79 Å². The van der Waals surface area contributed by atoms with E-state index in [1.807, 2.05) is 19.9 Å². The van der Waals surface area contributed by atoms with Crippen molar-refractivity contribution in [1.82, 2.24) is 4.90 Å². The Morgan fingerprint density at radius 2 is 2.23 bits per heavy atom. The van der Waals surface area contributed by atoms with Crippen LogP contribution in [0.25, 0.3) is 0 Å². The summed E-state index contributed by atoms with van der Waals surface area (Å²) >= 11 is 0. The lowest BCUT2D eigenvalue weighted by Gasteiger charge is -2.16. The monoisotopic (exact) mass is 184 g/mol. The van der Waals surface area contributed by atoms with Crippen LogP contribution in [0.3, 0.4) is 0 Å². The molecule has 74 valence electrons. The van der Waals surface area contributed by atoms with Gasteiger partial charge in [0, 0.05) is 13.6 Å². The van der Waals surface area contributed by atoms with E-state index in [4.69, 9.17) is 10.00 Å². The van der Waals surface area contributed by atoms with Crippen molar-refractivity contribution in [2.75, 3.05) is 20.2 Å². The maximum atomic E-state index is 11.1. The zero-order valence-corrected chi connectivity index (χ0v) is 8.41. The van der Waals surface area contributed by atoms with Crippen molar-refractivity contribution in [1.29, 1.82) is 5.26 Å². The van der Waals surface area contributed by atoms with Crippen LogP contribution >= 0.6 is 0 Å². The number of carbonyl (C=O) groups is 1. The number of nitriles is 1. The number of carbonyl (C=O) groups excluding carboxylic acids is 1. The van der Waals surface area contributed by atoms with Gasteiger partial charge in [-0.15, -0.1) is 0 Å². The predicted octanol–water partition coefficient (Wildman–Crippen LogP) is 1.62. The first-order valence-electron chi connectivity index (χ1n) is 4.32. The molecule has 0 aliphatic heterocycles. The fourth-order valence-electron chi connectivity index (χ4n) is 0.657. The van der Waals surface area contributed by atoms with Crippen molar-refractivity contribution >= 4 is 6.09 Å². The minimum atomic E-state index is -0.357. The Morgan fingerprint density at radius 1 is 1.62 bits per heavy atom. The fraction of sp³-hybridized carbons (Fsp3) is 0.778. The molecule has 0 aliphatic rings. The molecule has 4 heteroatoms. The fourth-order valence-corrected chi connectivity index (χ4v) is 0.657. The summed E-state index contributed by atoms with van der Waals surface area (Å²) in [5.41, 5.74) is 0. The minimum absolute atomic E-state index is 0.341. The molecule has 0 unspecified atom stereocenters. The Kier molecular flexibility index (Phi) is 5.69. The zero-order valence-electron chi connectivity index (χ0n) is 8.41. The second-order valence-corrected chi connectivity index (χ2v) is 3.30. The smallest absolute Gasteiger partial charge is 0.409 e. The Hall–Kier alpha value is -1.24. The summed E-state index contributed by atoms with van der Waals surface area (Å²) in [7, 11) is 1.62. The molecule has 0 rings (SSSR count). The molecule has 4 nitrogen and oxygen atoms in total. The number of ether oxygens (including phenoxy) is 1. The maximum Gasteiger partial charge on any atom is 0.409 e. The van der Waals surface area contributed by atoms with Crippen LogP contribution in [0.5, 0.6) is 0 Å². The first kappa shape index (κ1) is 11.8. The molecule has 0 aromatic rings. The molecule has 0 saturated heterocycles. The van der Waals surface area contributed by atoms with Crippen LogP contribution < -0.4 is 0 Å². The topological polar surface area (TPSA) is 53.3 Å². The van der Waals surface area contributed by atoms with Gasteiger partial charge in [0.25, 0.3) is 0 Å². The Bertz CT molecular complexity index is 196. The molecule has 0 fully saturated rings. The number of hydrogen-bond acceptors (Lipinski definition) is 3. The molecule has 0 aromatic heterocycles. The Balaban J connectivity index is 3.64. The van der Waals surface area contributed by atoms with Crippen molar-refractivity contribution in [2.24, 2.45) is 5.92 Å². The number of amides is 1. The lowest BCUT2D eigenvalue weighted by Crippen LogP contribution is -2.29. The van der Waals surface area contributed by atoms with Gasteiger partial charge in [-0.2, -0.15) is 5.26 Å². The summed E-state index contributed by atoms with van der Waals surface area (Å²) in [5.74, 6) is 0.341. The highest BCUT2D eigenvalue weighted by Crippen LogP contribution is 1.97. The van der Waals surface area contributed by atoms with Gasteiger partial charge in [-0.1, -0.05) is 13.8 Å². The van der Waals surface area contributed by atoms with E-state index in [0.717, 1.165) is 0 Å². The number of nitrogens with zero attached hydrogens (tertiary/aromatic N) is 2. The van der Waals surface area contributed by atoms with Gasteiger partial charge in [0.15, 0.2) is 0 Å². The summed E-state index contributed by atoms with van der Waals surface area (Å²) < 4.78 is 4.94. The molecular formula is C9H16N2O2. The molecule has 0 heterocycles. The van der Waals surface area contributed by atoms with E-state index < -0.39 is 0 Å². The average molecular weight is 184 g/mol. The zero-order chi connectivity index (χ0) is 10.3. The van der Waals surface area contributed by atoms with E-state index in [2.05, 4.69) is 0 Å². The van der Waals surface area contributed by atoms with Crippen LogP contribution in [0.4, 0.5) is 4.79 Å². The molecule has 1 amide bonds. The van der Waals surface area contributed by atoms with Crippen LogP contribution in [0.1, 0.15) is 20.3 Å². The number of rotatable bonds is 4. The van der Waals surface area contributed by atoms with Crippen LogP contribution in [0.2, 0.25) is 0 Å². The molecule has 0 radical (unpaired) electrons. The van der Waals surface area contributed by atoms with Crippen molar-refractivity contribution in [2.45, 2.75) is 20.3 Å². The Labute approximate surface area is 79.1 Å². The van der Waals surface area contributed by atoms with Gasteiger partial charge in [-0.3, -0.25) is 0 Å². The highest BCUT2D eigenvalue weighted by atomic mass is 16.6. The highest BCUT2D eigenvalue weighted by Gasteiger charge is 2.09. The van der Waals surface area contributed by atoms with Crippen molar-refractivity contribution in [3.05, 3.63) is 0 Å². The third-order valence-corrected chi connectivity index (χ3v) is 1.41. The molecule has 0 aromatic carbocycles. The van der Waals surface area contributed by atoms with Gasteiger partial charge < -0.3 is 9.64 Å². The van der Waals surface area contributed by atoms with Crippen LogP contribution in [-0.4, -0.2) is 31.2 Å². The normalized spacial score (nSPS) is 9.46. The van der Waals surface area contributed by atoms with Gasteiger partial charge in [0.05, 0.1) is 19.1 Å². The minimum Gasteiger partial charge on any atom is -0.449 e. The molecule has 0 saturated carbocycles. The largest absolute Gasteiger partial charge is 0.449 e. The standard InChI is InChI=1S/C9H16N2O2/c1-8(2)7-13-9(12)11(3)6-4-5-10/h8H,4,6-7H2,1-3H3. The van der Waals surface area contributed by atoms with E-state index in [-0.39, 0.29) is 6.09 Å². The predicted molar refractivity (Wildman–Crippen MR) is 49.0 cm³/mol. The lowest BCUT2D eigenvalue weighted by molar-refractivity contribution is 0.101. The van der Waals surface area contributed by atoms with Crippen LogP contribution in [0.15, 0.2) is 0 Å². The van der Waals surface area contributed by atoms with E-state index in [1.165, 1.54) is 4.90 Å². The molecule has 0 bridgehead atoms. The van der Waals surface area contributed by atoms with Crippen LogP contribution in [0, 0.1) is 17.2 Å². The third-order valence-electron chi connectivity index (χ3n) is 1.41. The molecule has 13 heavy (non-hydrogen) atoms. The average Bonchev–Trinajstić information content (AvgIpc) is 2.10. The maximum absolute atomic E-state index is 11.1. The SMILES string of the molecule is CC(C)COC(=O)N(C)CCC#N. The summed E-state index contributed by atoms with van der Waals surface area (Å²) in [6.07, 6.45) is -0.0169.